The maximum absolute atomic E-state index is 13.3. The Balaban J connectivity index is 1.68. The molecule has 3 saturated heterocycles. The number of nitrogens with zero attached hydrogens (tertiary/aromatic N) is 1. The van der Waals surface area contributed by atoms with Crippen molar-refractivity contribution in [1.82, 2.24) is 4.90 Å². The average molecular weight is 323 g/mol. The summed E-state index contributed by atoms with van der Waals surface area (Å²) in [5, 5.41) is 0. The Labute approximate surface area is 141 Å². The smallest absolute Gasteiger partial charge is 0.230 e. The molecule has 1 amide bonds. The molecule has 4 aliphatic heterocycles. The minimum Gasteiger partial charge on any atom is -0.361 e. The van der Waals surface area contributed by atoms with Crippen LogP contribution in [-0.2, 0) is 14.3 Å². The van der Waals surface area contributed by atoms with E-state index in [9.17, 15) is 9.59 Å². The molecule has 1 aromatic rings. The van der Waals surface area contributed by atoms with Crippen LogP contribution in [0.2, 0.25) is 0 Å². The third-order valence-electron chi connectivity index (χ3n) is 6.54. The number of benzene rings is 1. The fourth-order valence-electron chi connectivity index (χ4n) is 5.55. The number of carbonyl (C=O) groups excluding carboxylic acids is 2. The quantitative estimate of drug-likeness (QED) is 0.746. The number of fused-ring (bicyclic) bond motifs is 2. The van der Waals surface area contributed by atoms with Crippen LogP contribution in [0.25, 0.3) is 0 Å². The highest BCUT2D eigenvalue weighted by molar-refractivity contribution is 5.93. The molecule has 4 heteroatoms. The molecule has 124 valence electrons. The predicted molar refractivity (Wildman–Crippen MR) is 88.0 cm³/mol. The Morgan fingerprint density at radius 2 is 1.88 bits per heavy atom. The maximum atomic E-state index is 13.3. The van der Waals surface area contributed by atoms with Gasteiger partial charge in [0.05, 0.1) is 24.1 Å². The van der Waals surface area contributed by atoms with Crippen LogP contribution in [0.4, 0.5) is 0 Å². The number of ketones is 1. The van der Waals surface area contributed by atoms with Gasteiger partial charge in [-0.05, 0) is 12.0 Å². The summed E-state index contributed by atoms with van der Waals surface area (Å²) >= 11 is 0. The molecule has 1 spiro atoms. The summed E-state index contributed by atoms with van der Waals surface area (Å²) in [6.07, 6.45) is 4.92. The molecule has 1 aromatic carbocycles. The first-order valence-corrected chi connectivity index (χ1v) is 8.82. The molecule has 0 aromatic heterocycles. The average Bonchev–Trinajstić information content (AvgIpc) is 3.24. The molecule has 0 saturated carbocycles. The molecule has 3 fully saturated rings. The summed E-state index contributed by atoms with van der Waals surface area (Å²) in [6, 6.07) is 9.58. The fourth-order valence-corrected chi connectivity index (χ4v) is 5.55. The monoisotopic (exact) mass is 323 g/mol. The zero-order valence-corrected chi connectivity index (χ0v) is 13.9. The number of ether oxygens (including phenoxy) is 1. The van der Waals surface area contributed by atoms with Crippen molar-refractivity contribution in [3.63, 3.8) is 0 Å². The second-order valence-corrected chi connectivity index (χ2v) is 7.68. The lowest BCUT2D eigenvalue weighted by Crippen LogP contribution is -2.58. The molecule has 4 nitrogen and oxygen atoms in total. The van der Waals surface area contributed by atoms with E-state index in [0.717, 1.165) is 12.0 Å². The van der Waals surface area contributed by atoms with Crippen LogP contribution >= 0.6 is 0 Å². The van der Waals surface area contributed by atoms with E-state index in [-0.39, 0.29) is 47.6 Å². The molecule has 2 bridgehead atoms. The minimum atomic E-state index is -0.593. The van der Waals surface area contributed by atoms with Crippen molar-refractivity contribution in [3.8, 4) is 0 Å². The number of piperidine rings is 1. The van der Waals surface area contributed by atoms with Gasteiger partial charge in [-0.1, -0.05) is 56.3 Å². The van der Waals surface area contributed by atoms with Gasteiger partial charge in [-0.25, -0.2) is 0 Å². The zero-order chi connectivity index (χ0) is 16.6. The van der Waals surface area contributed by atoms with Crippen molar-refractivity contribution in [2.45, 2.75) is 44.1 Å². The normalized spacial score (nSPS) is 45.7. The van der Waals surface area contributed by atoms with E-state index >= 15 is 0 Å². The number of rotatable bonds is 1. The van der Waals surface area contributed by atoms with E-state index < -0.39 is 5.60 Å². The van der Waals surface area contributed by atoms with Gasteiger partial charge in [0.15, 0.2) is 0 Å². The molecular weight excluding hydrogens is 302 g/mol. The van der Waals surface area contributed by atoms with Gasteiger partial charge >= 0.3 is 0 Å². The lowest BCUT2D eigenvalue weighted by Gasteiger charge is -2.47. The molecule has 0 unspecified atom stereocenters. The van der Waals surface area contributed by atoms with Crippen LogP contribution in [0.3, 0.4) is 0 Å². The third-order valence-corrected chi connectivity index (χ3v) is 6.54. The summed E-state index contributed by atoms with van der Waals surface area (Å²) in [5.74, 6) is -0.133. The van der Waals surface area contributed by atoms with E-state index in [4.69, 9.17) is 4.74 Å². The van der Waals surface area contributed by atoms with E-state index in [1.807, 2.05) is 49.1 Å². The van der Waals surface area contributed by atoms with Crippen LogP contribution in [0.5, 0.6) is 0 Å². The zero-order valence-electron chi connectivity index (χ0n) is 13.9. The largest absolute Gasteiger partial charge is 0.361 e. The summed E-state index contributed by atoms with van der Waals surface area (Å²) < 4.78 is 6.24. The van der Waals surface area contributed by atoms with Crippen molar-refractivity contribution in [2.75, 3.05) is 0 Å². The molecular formula is C20H21NO3. The fraction of sp³-hybridized carbons (Fsp3) is 0.500. The second kappa shape index (κ2) is 4.57. The lowest BCUT2D eigenvalue weighted by molar-refractivity contribution is -0.150. The van der Waals surface area contributed by atoms with Crippen molar-refractivity contribution >= 4 is 11.7 Å². The lowest BCUT2D eigenvalue weighted by atomic mass is 9.71. The summed E-state index contributed by atoms with van der Waals surface area (Å²) in [4.78, 5) is 28.3. The van der Waals surface area contributed by atoms with E-state index in [0.29, 0.717) is 0 Å². The van der Waals surface area contributed by atoms with Crippen LogP contribution < -0.4 is 0 Å². The third kappa shape index (κ3) is 1.53. The Hall–Kier alpha value is -1.94. The number of amides is 1. The number of carbonyl (C=O) groups is 2. The van der Waals surface area contributed by atoms with Crippen LogP contribution in [0.1, 0.15) is 31.9 Å². The first-order chi connectivity index (χ1) is 11.5. The molecule has 7 atom stereocenters. The standard InChI is InChI=1S/C20H21NO3/c1-11-16(13-6-4-3-5-7-13)21-18(12(2)17(11)22)20-9-8-14(24-20)10-15(20)19(21)23/h3-9,11-12,14-16,18H,10H2,1-2H3/t11-,12-,14+,15-,16+,18-,20-/m1/s1. The van der Waals surface area contributed by atoms with Crippen LogP contribution in [0, 0.1) is 17.8 Å². The SMILES string of the molecule is C[C@@H]1C(=O)[C@H](C)[C@@H](c2ccccc2)N2C(=O)[C@H]3C[C@@H]4C=C[C@]3(O4)[C@@H]12. The van der Waals surface area contributed by atoms with Crippen molar-refractivity contribution in [1.29, 1.82) is 0 Å². The van der Waals surface area contributed by atoms with E-state index in [1.54, 1.807) is 0 Å². The Kier molecular flexibility index (Phi) is 2.74. The van der Waals surface area contributed by atoms with Crippen LogP contribution in [-0.4, -0.2) is 34.3 Å². The molecule has 0 N–H and O–H groups in total. The second-order valence-electron chi connectivity index (χ2n) is 7.68. The number of Topliss-reactive ketones (excluding diaryl/α,β-unsaturated/α-hetero) is 1. The first-order valence-electron chi connectivity index (χ1n) is 8.82. The van der Waals surface area contributed by atoms with E-state index in [2.05, 4.69) is 12.2 Å². The van der Waals surface area contributed by atoms with Gasteiger partial charge in [-0.2, -0.15) is 0 Å². The Morgan fingerprint density at radius 1 is 1.12 bits per heavy atom. The molecule has 24 heavy (non-hydrogen) atoms. The van der Waals surface area contributed by atoms with E-state index in [1.165, 1.54) is 0 Å². The van der Waals surface area contributed by atoms with Gasteiger partial charge in [-0.15, -0.1) is 0 Å². The van der Waals surface area contributed by atoms with Gasteiger partial charge in [0.2, 0.25) is 5.91 Å². The number of hydrogen-bond donors (Lipinski definition) is 0. The maximum Gasteiger partial charge on any atom is 0.230 e. The van der Waals surface area contributed by atoms with Crippen molar-refractivity contribution in [3.05, 3.63) is 48.0 Å². The summed E-state index contributed by atoms with van der Waals surface area (Å²) in [7, 11) is 0. The highest BCUT2D eigenvalue weighted by Gasteiger charge is 2.70. The molecule has 0 aliphatic carbocycles. The highest BCUT2D eigenvalue weighted by Crippen LogP contribution is 2.58. The van der Waals surface area contributed by atoms with Crippen LogP contribution in [0.15, 0.2) is 42.5 Å². The predicted octanol–water partition coefficient (Wildman–Crippen LogP) is 2.51. The molecule has 4 heterocycles. The Bertz CT molecular complexity index is 757. The summed E-state index contributed by atoms with van der Waals surface area (Å²) in [5.41, 5.74) is 0.447. The van der Waals surface area contributed by atoms with Gasteiger partial charge in [0.25, 0.3) is 0 Å². The van der Waals surface area contributed by atoms with Crippen molar-refractivity contribution in [2.24, 2.45) is 17.8 Å². The molecule has 0 radical (unpaired) electrons. The first kappa shape index (κ1) is 14.4. The molecule has 4 aliphatic rings. The minimum absolute atomic E-state index is 0.0397. The van der Waals surface area contributed by atoms with Gasteiger partial charge in [-0.3, -0.25) is 9.59 Å². The Morgan fingerprint density at radius 3 is 2.58 bits per heavy atom. The summed E-state index contributed by atoms with van der Waals surface area (Å²) in [6.45, 7) is 3.92. The topological polar surface area (TPSA) is 46.6 Å². The highest BCUT2D eigenvalue weighted by atomic mass is 16.5. The van der Waals surface area contributed by atoms with Gasteiger partial charge in [0, 0.05) is 11.8 Å². The van der Waals surface area contributed by atoms with Gasteiger partial charge in [0.1, 0.15) is 11.4 Å². The van der Waals surface area contributed by atoms with Crippen molar-refractivity contribution < 1.29 is 14.3 Å². The van der Waals surface area contributed by atoms with Gasteiger partial charge < -0.3 is 9.64 Å². The number of hydrogen-bond acceptors (Lipinski definition) is 3. The molecule has 5 rings (SSSR count).